The van der Waals surface area contributed by atoms with Crippen molar-refractivity contribution in [2.75, 3.05) is 0 Å². The van der Waals surface area contributed by atoms with Gasteiger partial charge in [0.2, 0.25) is 0 Å². The summed E-state index contributed by atoms with van der Waals surface area (Å²) >= 11 is 0. The van der Waals surface area contributed by atoms with Gasteiger partial charge in [0.15, 0.2) is 5.75 Å². The summed E-state index contributed by atoms with van der Waals surface area (Å²) in [5.41, 5.74) is 5.03. The first-order chi connectivity index (χ1) is 7.34. The summed E-state index contributed by atoms with van der Waals surface area (Å²) in [7, 11) is 0. The third-order valence-corrected chi connectivity index (χ3v) is 2.06. The molecule has 7 heteroatoms. The minimum Gasteiger partial charge on any atom is -0.502 e. The normalized spacial score (nSPS) is 12.1. The first kappa shape index (κ1) is 11.9. The summed E-state index contributed by atoms with van der Waals surface area (Å²) in [4.78, 5) is 20.4. The quantitative estimate of drug-likeness (QED) is 0.514. The molecule has 0 aromatic heterocycles. The molecule has 0 aliphatic carbocycles. The molecule has 0 amide bonds. The van der Waals surface area contributed by atoms with E-state index in [4.69, 9.17) is 10.8 Å². The van der Waals surface area contributed by atoms with E-state index in [-0.39, 0.29) is 5.56 Å². The van der Waals surface area contributed by atoms with Crippen LogP contribution in [0.2, 0.25) is 0 Å². The third-order valence-electron chi connectivity index (χ3n) is 2.06. The Bertz CT molecular complexity index is 457. The molecule has 0 saturated carbocycles. The van der Waals surface area contributed by atoms with E-state index < -0.39 is 28.4 Å². The molecule has 0 heterocycles. The van der Waals surface area contributed by atoms with Gasteiger partial charge in [0.1, 0.15) is 6.04 Å². The zero-order valence-electron chi connectivity index (χ0n) is 8.38. The zero-order chi connectivity index (χ0) is 12.5. The highest BCUT2D eigenvalue weighted by Crippen LogP contribution is 2.34. The van der Waals surface area contributed by atoms with Gasteiger partial charge in [-0.3, -0.25) is 14.9 Å². The van der Waals surface area contributed by atoms with Crippen LogP contribution in [0.5, 0.6) is 5.75 Å². The van der Waals surface area contributed by atoms with Crippen LogP contribution in [0.25, 0.3) is 0 Å². The van der Waals surface area contributed by atoms with Gasteiger partial charge in [-0.2, -0.15) is 0 Å². The number of phenolic OH excluding ortho intramolecular Hbond substituents is 1. The number of nitro benzene ring substituents is 1. The van der Waals surface area contributed by atoms with Crippen LogP contribution >= 0.6 is 0 Å². The van der Waals surface area contributed by atoms with Crippen molar-refractivity contribution in [1.29, 1.82) is 0 Å². The first-order valence-electron chi connectivity index (χ1n) is 4.31. The van der Waals surface area contributed by atoms with E-state index in [0.717, 1.165) is 6.07 Å². The number of nitro groups is 1. The fourth-order valence-corrected chi connectivity index (χ4v) is 1.30. The minimum atomic E-state index is -1.49. The van der Waals surface area contributed by atoms with Gasteiger partial charge in [0, 0.05) is 11.6 Å². The SMILES string of the molecule is Cc1cc([C@H](N)C(=O)O)c(O)c([N+](=O)[O-])c1. The number of carboxylic acid groups (broad SMARTS) is 1. The zero-order valence-corrected chi connectivity index (χ0v) is 8.38. The predicted octanol–water partition coefficient (Wildman–Crippen LogP) is 0.693. The lowest BCUT2D eigenvalue weighted by atomic mass is 10.0. The molecule has 4 N–H and O–H groups in total. The van der Waals surface area contributed by atoms with Gasteiger partial charge in [-0.1, -0.05) is 0 Å². The number of benzene rings is 1. The van der Waals surface area contributed by atoms with Crippen LogP contribution in [0, 0.1) is 17.0 Å². The largest absolute Gasteiger partial charge is 0.502 e. The van der Waals surface area contributed by atoms with Gasteiger partial charge >= 0.3 is 11.7 Å². The van der Waals surface area contributed by atoms with Crippen molar-refractivity contribution in [3.63, 3.8) is 0 Å². The second kappa shape index (κ2) is 4.15. The Kier molecular flexibility index (Phi) is 3.09. The summed E-state index contributed by atoms with van der Waals surface area (Å²) < 4.78 is 0. The molecule has 1 rings (SSSR count). The number of nitrogens with two attached hydrogens (primary N) is 1. The monoisotopic (exact) mass is 226 g/mol. The molecule has 7 nitrogen and oxygen atoms in total. The maximum atomic E-state index is 10.6. The van der Waals surface area contributed by atoms with Gasteiger partial charge < -0.3 is 15.9 Å². The highest BCUT2D eigenvalue weighted by atomic mass is 16.6. The molecule has 1 aromatic carbocycles. The first-order valence-corrected chi connectivity index (χ1v) is 4.31. The second-order valence-corrected chi connectivity index (χ2v) is 3.29. The van der Waals surface area contributed by atoms with Gasteiger partial charge in [-0.15, -0.1) is 0 Å². The number of aliphatic carboxylic acids is 1. The van der Waals surface area contributed by atoms with E-state index in [1.54, 1.807) is 6.92 Å². The Balaban J connectivity index is 3.40. The Hall–Kier alpha value is -2.15. The lowest BCUT2D eigenvalue weighted by molar-refractivity contribution is -0.386. The van der Waals surface area contributed by atoms with Crippen molar-refractivity contribution in [2.24, 2.45) is 5.73 Å². The molecule has 0 saturated heterocycles. The fraction of sp³-hybridized carbons (Fsp3) is 0.222. The molecule has 0 aliphatic heterocycles. The van der Waals surface area contributed by atoms with Crippen LogP contribution in [-0.2, 0) is 4.79 Å². The Morgan fingerprint density at radius 1 is 1.56 bits per heavy atom. The highest BCUT2D eigenvalue weighted by molar-refractivity contribution is 5.77. The summed E-state index contributed by atoms with van der Waals surface area (Å²) in [5.74, 6) is -2.07. The van der Waals surface area contributed by atoms with E-state index in [0.29, 0.717) is 5.56 Å². The second-order valence-electron chi connectivity index (χ2n) is 3.29. The number of carbonyl (C=O) groups is 1. The van der Waals surface area contributed by atoms with E-state index in [1.807, 2.05) is 0 Å². The van der Waals surface area contributed by atoms with E-state index in [9.17, 15) is 20.0 Å². The van der Waals surface area contributed by atoms with Crippen molar-refractivity contribution in [3.05, 3.63) is 33.4 Å². The van der Waals surface area contributed by atoms with E-state index in [2.05, 4.69) is 0 Å². The molecule has 0 spiro atoms. The lowest BCUT2D eigenvalue weighted by Crippen LogP contribution is -2.21. The van der Waals surface area contributed by atoms with E-state index >= 15 is 0 Å². The summed E-state index contributed by atoms with van der Waals surface area (Å²) in [6.07, 6.45) is 0. The summed E-state index contributed by atoms with van der Waals surface area (Å²) in [6.45, 7) is 1.55. The molecular weight excluding hydrogens is 216 g/mol. The van der Waals surface area contributed by atoms with Crippen LogP contribution in [-0.4, -0.2) is 21.1 Å². The predicted molar refractivity (Wildman–Crippen MR) is 54.1 cm³/mol. The topological polar surface area (TPSA) is 127 Å². The number of aryl methyl sites for hydroxylation is 1. The van der Waals surface area contributed by atoms with Crippen molar-refractivity contribution in [1.82, 2.24) is 0 Å². The molecule has 0 fully saturated rings. The maximum absolute atomic E-state index is 10.6. The molecule has 0 aliphatic rings. The van der Waals surface area contributed by atoms with Crippen LogP contribution in [0.1, 0.15) is 17.2 Å². The minimum absolute atomic E-state index is 0.167. The molecule has 1 atom stereocenters. The standard InChI is InChI=1S/C9H10N2O5/c1-4-2-5(7(10)9(13)14)8(12)6(3-4)11(15)16/h2-3,7,12H,10H2,1H3,(H,13,14)/t7-/m0/s1. The lowest BCUT2D eigenvalue weighted by Gasteiger charge is -2.10. The number of phenols is 1. The number of carboxylic acids is 1. The Morgan fingerprint density at radius 2 is 2.12 bits per heavy atom. The van der Waals surface area contributed by atoms with Gasteiger partial charge in [0.25, 0.3) is 0 Å². The molecule has 16 heavy (non-hydrogen) atoms. The molecular formula is C9H10N2O5. The molecule has 0 radical (unpaired) electrons. The van der Waals surface area contributed by atoms with Crippen molar-refractivity contribution >= 4 is 11.7 Å². The molecule has 0 unspecified atom stereocenters. The van der Waals surface area contributed by atoms with Gasteiger partial charge in [-0.05, 0) is 18.6 Å². The van der Waals surface area contributed by atoms with Crippen LogP contribution in [0.15, 0.2) is 12.1 Å². The Morgan fingerprint density at radius 3 is 2.56 bits per heavy atom. The highest BCUT2D eigenvalue weighted by Gasteiger charge is 2.25. The molecule has 86 valence electrons. The molecule has 1 aromatic rings. The Labute approximate surface area is 90.3 Å². The number of aromatic hydroxyl groups is 1. The summed E-state index contributed by atoms with van der Waals surface area (Å²) in [5, 5.41) is 28.8. The van der Waals surface area contributed by atoms with Crippen LogP contribution in [0.3, 0.4) is 0 Å². The van der Waals surface area contributed by atoms with Crippen molar-refractivity contribution in [2.45, 2.75) is 13.0 Å². The number of rotatable bonds is 3. The maximum Gasteiger partial charge on any atom is 0.325 e. The van der Waals surface area contributed by atoms with Gasteiger partial charge in [0.05, 0.1) is 4.92 Å². The van der Waals surface area contributed by atoms with Crippen molar-refractivity contribution < 1.29 is 19.9 Å². The van der Waals surface area contributed by atoms with Crippen molar-refractivity contribution in [3.8, 4) is 5.75 Å². The van der Waals surface area contributed by atoms with Crippen LogP contribution < -0.4 is 5.73 Å². The van der Waals surface area contributed by atoms with E-state index in [1.165, 1.54) is 6.07 Å². The fourth-order valence-electron chi connectivity index (χ4n) is 1.30. The number of nitrogens with zero attached hydrogens (tertiary/aromatic N) is 1. The third kappa shape index (κ3) is 2.09. The average Bonchev–Trinajstić information content (AvgIpc) is 2.19. The number of hydrogen-bond acceptors (Lipinski definition) is 5. The smallest absolute Gasteiger partial charge is 0.325 e. The molecule has 0 bridgehead atoms. The number of hydrogen-bond donors (Lipinski definition) is 3. The average molecular weight is 226 g/mol. The summed E-state index contributed by atoms with van der Waals surface area (Å²) in [6, 6.07) is 0.965. The van der Waals surface area contributed by atoms with Gasteiger partial charge in [-0.25, -0.2) is 0 Å². The van der Waals surface area contributed by atoms with Crippen LogP contribution in [0.4, 0.5) is 5.69 Å².